The summed E-state index contributed by atoms with van der Waals surface area (Å²) in [4.78, 5) is 0. The van der Waals surface area contributed by atoms with E-state index in [2.05, 4.69) is 0 Å². The number of sulfone groups is 1. The maximum Gasteiger partial charge on any atom is 0.190 e. The van der Waals surface area contributed by atoms with Crippen LogP contribution in [-0.4, -0.2) is 13.7 Å². The largest absolute Gasteiger partial charge is 0.223 e. The fourth-order valence-corrected chi connectivity index (χ4v) is 3.74. The van der Waals surface area contributed by atoms with Crippen LogP contribution in [0.3, 0.4) is 0 Å². The van der Waals surface area contributed by atoms with Crippen LogP contribution in [0, 0.1) is 6.92 Å². The Morgan fingerprint density at radius 3 is 2.07 bits per heavy atom. The first-order valence-corrected chi connectivity index (χ1v) is 7.17. The summed E-state index contributed by atoms with van der Waals surface area (Å²) >= 11 is 1.30. The van der Waals surface area contributed by atoms with E-state index < -0.39 is 9.84 Å². The maximum absolute atomic E-state index is 11.6. The third-order valence-electron chi connectivity index (χ3n) is 1.69. The second-order valence-corrected chi connectivity index (χ2v) is 6.60. The van der Waals surface area contributed by atoms with Crippen LogP contribution in [0.2, 0.25) is 0 Å². The molecule has 0 N–H and O–H groups in total. The highest BCUT2D eigenvalue weighted by Crippen LogP contribution is 2.25. The summed E-state index contributed by atoms with van der Waals surface area (Å²) in [5.41, 5.74) is 0.855. The van der Waals surface area contributed by atoms with Crippen LogP contribution in [0.5, 0.6) is 0 Å². The summed E-state index contributed by atoms with van der Waals surface area (Å²) < 4.78 is 23.8. The van der Waals surface area contributed by atoms with Crippen molar-refractivity contribution >= 4 is 21.2 Å². The Balaban J connectivity index is 0.000000791. The van der Waals surface area contributed by atoms with Crippen molar-refractivity contribution in [3.63, 3.8) is 0 Å². The van der Waals surface area contributed by atoms with E-state index in [9.17, 15) is 8.42 Å². The fraction of sp³-hybridized carbons (Fsp3) is 0.600. The normalized spacial score (nSPS) is 11.0. The van der Waals surface area contributed by atoms with Crippen LogP contribution in [0.4, 0.5) is 0 Å². The van der Waals surface area contributed by atoms with Gasteiger partial charge in [-0.2, -0.15) is 0 Å². The van der Waals surface area contributed by atoms with Gasteiger partial charge in [-0.3, -0.25) is 0 Å². The topological polar surface area (TPSA) is 34.1 Å². The minimum Gasteiger partial charge on any atom is -0.223 e. The standard InChI is InChI=1S/C8H12O2S2.C2H6/c1-6(2)12(9,10)8-7(3)4-5-11-8;1-2/h4-6H,1-3H3;1-2H3. The molecule has 1 aromatic heterocycles. The van der Waals surface area contributed by atoms with Gasteiger partial charge in [-0.25, -0.2) is 8.42 Å². The summed E-state index contributed by atoms with van der Waals surface area (Å²) in [5, 5.41) is 1.49. The molecule has 0 saturated carbocycles. The summed E-state index contributed by atoms with van der Waals surface area (Å²) in [6.07, 6.45) is 0. The number of aryl methyl sites for hydroxylation is 1. The molecule has 0 amide bonds. The molecular formula is C10H18O2S2. The van der Waals surface area contributed by atoms with E-state index in [1.807, 2.05) is 32.2 Å². The predicted octanol–water partition coefficient (Wildman–Crippen LogP) is 3.26. The van der Waals surface area contributed by atoms with Gasteiger partial charge in [0.25, 0.3) is 0 Å². The van der Waals surface area contributed by atoms with E-state index in [0.717, 1.165) is 5.56 Å². The van der Waals surface area contributed by atoms with Crippen molar-refractivity contribution in [1.82, 2.24) is 0 Å². The molecule has 0 fully saturated rings. The maximum atomic E-state index is 11.6. The van der Waals surface area contributed by atoms with E-state index in [1.54, 1.807) is 13.8 Å². The van der Waals surface area contributed by atoms with E-state index in [4.69, 9.17) is 0 Å². The van der Waals surface area contributed by atoms with Gasteiger partial charge in [-0.15, -0.1) is 11.3 Å². The van der Waals surface area contributed by atoms with Gasteiger partial charge >= 0.3 is 0 Å². The van der Waals surface area contributed by atoms with Gasteiger partial charge < -0.3 is 0 Å². The van der Waals surface area contributed by atoms with Gasteiger partial charge in [-0.1, -0.05) is 13.8 Å². The molecule has 0 atom stereocenters. The molecule has 1 rings (SSSR count). The highest BCUT2D eigenvalue weighted by molar-refractivity contribution is 7.94. The van der Waals surface area contributed by atoms with Crippen molar-refractivity contribution in [2.75, 3.05) is 0 Å². The van der Waals surface area contributed by atoms with Crippen molar-refractivity contribution in [3.8, 4) is 0 Å². The van der Waals surface area contributed by atoms with Crippen LogP contribution < -0.4 is 0 Å². The molecule has 0 bridgehead atoms. The lowest BCUT2D eigenvalue weighted by atomic mass is 10.4. The Kier molecular flexibility index (Phi) is 5.37. The average Bonchev–Trinajstić information content (AvgIpc) is 2.55. The van der Waals surface area contributed by atoms with Crippen LogP contribution >= 0.6 is 11.3 Å². The van der Waals surface area contributed by atoms with Gasteiger partial charge in [0.15, 0.2) is 9.84 Å². The van der Waals surface area contributed by atoms with E-state index in [1.165, 1.54) is 11.3 Å². The molecule has 0 saturated heterocycles. The first-order valence-electron chi connectivity index (χ1n) is 4.74. The van der Waals surface area contributed by atoms with Crippen molar-refractivity contribution in [2.24, 2.45) is 0 Å². The Labute approximate surface area is 90.9 Å². The van der Waals surface area contributed by atoms with E-state index >= 15 is 0 Å². The molecule has 0 spiro atoms. The number of rotatable bonds is 2. The summed E-state index contributed by atoms with van der Waals surface area (Å²) in [5.74, 6) is 0. The molecule has 14 heavy (non-hydrogen) atoms. The zero-order valence-electron chi connectivity index (χ0n) is 9.37. The third kappa shape index (κ3) is 2.82. The van der Waals surface area contributed by atoms with Gasteiger partial charge in [0.1, 0.15) is 4.21 Å². The molecule has 0 radical (unpaired) electrons. The fourth-order valence-electron chi connectivity index (χ4n) is 0.864. The highest BCUT2D eigenvalue weighted by Gasteiger charge is 2.21. The molecule has 1 heterocycles. The first kappa shape index (κ1) is 13.7. The molecule has 0 aliphatic carbocycles. The van der Waals surface area contributed by atoms with Gasteiger partial charge in [0.2, 0.25) is 0 Å². The second kappa shape index (κ2) is 5.51. The summed E-state index contributed by atoms with van der Waals surface area (Å²) in [6, 6.07) is 1.83. The molecule has 4 heteroatoms. The zero-order valence-corrected chi connectivity index (χ0v) is 11.0. The Bertz CT molecular complexity index is 361. The monoisotopic (exact) mass is 234 g/mol. The van der Waals surface area contributed by atoms with Gasteiger partial charge in [-0.05, 0) is 37.8 Å². The van der Waals surface area contributed by atoms with Crippen molar-refractivity contribution in [2.45, 2.75) is 44.1 Å². The SMILES string of the molecule is CC.Cc1ccsc1S(=O)(=O)C(C)C. The molecule has 0 aliphatic heterocycles. The smallest absolute Gasteiger partial charge is 0.190 e. The lowest BCUT2D eigenvalue weighted by Crippen LogP contribution is -2.13. The Hall–Kier alpha value is -0.350. The van der Waals surface area contributed by atoms with Gasteiger partial charge in [0, 0.05) is 0 Å². The van der Waals surface area contributed by atoms with Crippen molar-refractivity contribution < 1.29 is 8.42 Å². The predicted molar refractivity (Wildman–Crippen MR) is 62.7 cm³/mol. The van der Waals surface area contributed by atoms with Crippen molar-refractivity contribution in [3.05, 3.63) is 17.0 Å². The van der Waals surface area contributed by atoms with Crippen LogP contribution in [-0.2, 0) is 9.84 Å². The minimum atomic E-state index is -3.05. The molecular weight excluding hydrogens is 216 g/mol. The van der Waals surface area contributed by atoms with Crippen molar-refractivity contribution in [1.29, 1.82) is 0 Å². The van der Waals surface area contributed by atoms with Gasteiger partial charge in [0.05, 0.1) is 5.25 Å². The Morgan fingerprint density at radius 1 is 1.29 bits per heavy atom. The van der Waals surface area contributed by atoms with Crippen LogP contribution in [0.1, 0.15) is 33.3 Å². The molecule has 0 unspecified atom stereocenters. The summed E-state index contributed by atoms with van der Waals surface area (Å²) in [7, 11) is -3.05. The lowest BCUT2D eigenvalue weighted by Gasteiger charge is -2.05. The third-order valence-corrected chi connectivity index (χ3v) is 5.57. The van der Waals surface area contributed by atoms with Crippen LogP contribution in [0.15, 0.2) is 15.7 Å². The molecule has 82 valence electrons. The molecule has 1 aromatic rings. The number of thiophene rings is 1. The highest BCUT2D eigenvalue weighted by atomic mass is 32.2. The van der Waals surface area contributed by atoms with Crippen LogP contribution in [0.25, 0.3) is 0 Å². The zero-order chi connectivity index (χ0) is 11.4. The minimum absolute atomic E-state index is 0.324. The molecule has 2 nitrogen and oxygen atoms in total. The molecule has 0 aromatic carbocycles. The first-order chi connectivity index (χ1) is 6.46. The summed E-state index contributed by atoms with van der Waals surface area (Å²) in [6.45, 7) is 9.23. The van der Waals surface area contributed by atoms with E-state index in [0.29, 0.717) is 4.21 Å². The second-order valence-electron chi connectivity index (χ2n) is 2.98. The Morgan fingerprint density at radius 2 is 1.79 bits per heavy atom. The number of hydrogen-bond acceptors (Lipinski definition) is 3. The van der Waals surface area contributed by atoms with E-state index in [-0.39, 0.29) is 5.25 Å². The lowest BCUT2D eigenvalue weighted by molar-refractivity contribution is 0.589. The average molecular weight is 234 g/mol. The number of hydrogen-bond donors (Lipinski definition) is 0. The molecule has 0 aliphatic rings. The quantitative estimate of drug-likeness (QED) is 0.787.